The number of hydrogen-bond donors (Lipinski definition) is 1. The Labute approximate surface area is 117 Å². The molecule has 0 saturated heterocycles. The van der Waals surface area contributed by atoms with Crippen LogP contribution in [-0.4, -0.2) is 0 Å². The Bertz CT molecular complexity index is 536. The number of halogens is 3. The van der Waals surface area contributed by atoms with E-state index in [-0.39, 0.29) is 5.82 Å². The zero-order valence-corrected chi connectivity index (χ0v) is 12.2. The predicted molar refractivity (Wildman–Crippen MR) is 74.2 cm³/mol. The Morgan fingerprint density at radius 1 is 1.41 bits per heavy atom. The van der Waals surface area contributed by atoms with E-state index in [0.717, 1.165) is 14.9 Å². The largest absolute Gasteiger partial charge is 0.320 e. The van der Waals surface area contributed by atoms with E-state index in [1.807, 2.05) is 13.0 Å². The summed E-state index contributed by atoms with van der Waals surface area (Å²) in [6.07, 6.45) is 0. The van der Waals surface area contributed by atoms with Crippen LogP contribution in [0.4, 0.5) is 4.39 Å². The lowest BCUT2D eigenvalue weighted by Crippen LogP contribution is -2.12. The maximum absolute atomic E-state index is 13.7. The van der Waals surface area contributed by atoms with Crippen molar-refractivity contribution in [2.75, 3.05) is 0 Å². The predicted octanol–water partition coefficient (Wildman–Crippen LogP) is 4.66. The number of hydrogen-bond acceptors (Lipinski definition) is 2. The Morgan fingerprint density at radius 2 is 2.12 bits per heavy atom. The van der Waals surface area contributed by atoms with Crippen molar-refractivity contribution < 1.29 is 4.39 Å². The molecule has 1 heterocycles. The first kappa shape index (κ1) is 13.0. The summed E-state index contributed by atoms with van der Waals surface area (Å²) in [6.45, 7) is 1.91. The van der Waals surface area contributed by atoms with Crippen molar-refractivity contribution in [3.8, 4) is 0 Å². The minimum Gasteiger partial charge on any atom is -0.320 e. The van der Waals surface area contributed by atoms with Crippen molar-refractivity contribution in [3.05, 3.63) is 54.9 Å². The van der Waals surface area contributed by atoms with Crippen LogP contribution in [0.2, 0.25) is 4.34 Å². The highest BCUT2D eigenvalue weighted by atomic mass is 79.9. The molecule has 0 spiro atoms. The molecule has 5 heteroatoms. The molecular weight excluding hydrogens is 325 g/mol. The number of benzene rings is 1. The molecule has 0 saturated carbocycles. The molecule has 0 aliphatic rings. The topological polar surface area (TPSA) is 26.0 Å². The molecule has 0 aliphatic carbocycles. The van der Waals surface area contributed by atoms with Gasteiger partial charge in [-0.2, -0.15) is 0 Å². The molecule has 1 atom stereocenters. The van der Waals surface area contributed by atoms with Gasteiger partial charge in [0.15, 0.2) is 0 Å². The smallest absolute Gasteiger partial charge is 0.128 e. The highest BCUT2D eigenvalue weighted by Gasteiger charge is 2.17. The van der Waals surface area contributed by atoms with Crippen molar-refractivity contribution in [1.29, 1.82) is 0 Å². The molecule has 90 valence electrons. The Balaban J connectivity index is 2.42. The lowest BCUT2D eigenvalue weighted by atomic mass is 10.0. The second-order valence-electron chi connectivity index (χ2n) is 3.77. The number of aryl methyl sites for hydroxylation is 1. The molecule has 1 nitrogen and oxygen atoms in total. The van der Waals surface area contributed by atoms with Gasteiger partial charge in [0.05, 0.1) is 6.04 Å². The number of thiophene rings is 1. The van der Waals surface area contributed by atoms with Crippen LogP contribution in [0.3, 0.4) is 0 Å². The zero-order chi connectivity index (χ0) is 12.6. The van der Waals surface area contributed by atoms with E-state index in [4.69, 9.17) is 17.3 Å². The summed E-state index contributed by atoms with van der Waals surface area (Å²) in [5, 5.41) is 0. The average Bonchev–Trinajstić information content (AvgIpc) is 2.62. The van der Waals surface area contributed by atoms with Gasteiger partial charge in [0.2, 0.25) is 0 Å². The second-order valence-corrected chi connectivity index (χ2v) is 6.31. The van der Waals surface area contributed by atoms with E-state index in [0.29, 0.717) is 9.90 Å². The van der Waals surface area contributed by atoms with Gasteiger partial charge in [-0.1, -0.05) is 29.3 Å². The molecule has 2 N–H and O–H groups in total. The summed E-state index contributed by atoms with van der Waals surface area (Å²) in [5.41, 5.74) is 7.54. The summed E-state index contributed by atoms with van der Waals surface area (Å²) in [7, 11) is 0. The van der Waals surface area contributed by atoms with Crippen molar-refractivity contribution in [3.63, 3.8) is 0 Å². The molecule has 0 bridgehead atoms. The number of rotatable bonds is 2. The summed E-state index contributed by atoms with van der Waals surface area (Å²) in [5.74, 6) is -0.288. The Hall–Kier alpha value is -0.420. The second kappa shape index (κ2) is 5.06. The van der Waals surface area contributed by atoms with Gasteiger partial charge in [0.25, 0.3) is 0 Å². The van der Waals surface area contributed by atoms with Crippen molar-refractivity contribution in [2.45, 2.75) is 13.0 Å². The first-order valence-electron chi connectivity index (χ1n) is 4.95. The van der Waals surface area contributed by atoms with Gasteiger partial charge in [0.1, 0.15) is 10.2 Å². The van der Waals surface area contributed by atoms with Crippen LogP contribution in [0, 0.1) is 12.7 Å². The molecule has 2 aromatic rings. The van der Waals surface area contributed by atoms with Crippen LogP contribution >= 0.6 is 38.9 Å². The molecule has 0 radical (unpaired) electrons. The standard InChI is InChI=1S/C12H10BrClFNS/c1-6-2-3-9(15)7(4-6)11(16)10-5-8(13)12(14)17-10/h2-5,11H,16H2,1H3. The third-order valence-corrected chi connectivity index (χ3v) is 5.02. The van der Waals surface area contributed by atoms with Crippen molar-refractivity contribution in [1.82, 2.24) is 0 Å². The maximum Gasteiger partial charge on any atom is 0.128 e. The summed E-state index contributed by atoms with van der Waals surface area (Å²) < 4.78 is 15.1. The summed E-state index contributed by atoms with van der Waals surface area (Å²) in [6, 6.07) is 6.28. The summed E-state index contributed by atoms with van der Waals surface area (Å²) >= 11 is 10.6. The quantitative estimate of drug-likeness (QED) is 0.849. The highest BCUT2D eigenvalue weighted by molar-refractivity contribution is 9.10. The van der Waals surface area contributed by atoms with Crippen LogP contribution < -0.4 is 5.73 Å². The summed E-state index contributed by atoms with van der Waals surface area (Å²) in [4.78, 5) is 0.839. The van der Waals surface area contributed by atoms with E-state index in [9.17, 15) is 4.39 Å². The van der Waals surface area contributed by atoms with Crippen molar-refractivity contribution >= 4 is 38.9 Å². The highest BCUT2D eigenvalue weighted by Crippen LogP contribution is 2.37. The van der Waals surface area contributed by atoms with Gasteiger partial charge in [-0.15, -0.1) is 11.3 Å². The number of nitrogens with two attached hydrogens (primary N) is 1. The normalized spacial score (nSPS) is 12.8. The monoisotopic (exact) mass is 333 g/mol. The van der Waals surface area contributed by atoms with E-state index >= 15 is 0 Å². The first-order valence-corrected chi connectivity index (χ1v) is 6.94. The van der Waals surface area contributed by atoms with Crippen molar-refractivity contribution in [2.24, 2.45) is 5.73 Å². The maximum atomic E-state index is 13.7. The van der Waals surface area contributed by atoms with Gasteiger partial charge >= 0.3 is 0 Å². The minimum atomic E-state index is -0.483. The SMILES string of the molecule is Cc1ccc(F)c(C(N)c2cc(Br)c(Cl)s2)c1. The van der Waals surface area contributed by atoms with E-state index in [2.05, 4.69) is 15.9 Å². The molecular formula is C12H10BrClFNS. The first-order chi connectivity index (χ1) is 7.99. The van der Waals surface area contributed by atoms with Crippen LogP contribution in [-0.2, 0) is 0 Å². The Kier molecular flexibility index (Phi) is 3.88. The molecule has 0 fully saturated rings. The third-order valence-electron chi connectivity index (χ3n) is 2.46. The van der Waals surface area contributed by atoms with Gasteiger partial charge in [-0.05, 0) is 35.0 Å². The van der Waals surface area contributed by atoms with Crippen LogP contribution in [0.15, 0.2) is 28.7 Å². The molecule has 1 aromatic heterocycles. The molecule has 1 aromatic carbocycles. The lowest BCUT2D eigenvalue weighted by molar-refractivity contribution is 0.600. The molecule has 0 amide bonds. The zero-order valence-electron chi connectivity index (χ0n) is 9.01. The fourth-order valence-corrected chi connectivity index (χ4v) is 3.33. The van der Waals surface area contributed by atoms with E-state index in [1.54, 1.807) is 12.1 Å². The fourth-order valence-electron chi connectivity index (χ4n) is 1.57. The minimum absolute atomic E-state index is 0.288. The molecule has 17 heavy (non-hydrogen) atoms. The molecule has 0 aliphatic heterocycles. The van der Waals surface area contributed by atoms with Gasteiger partial charge in [-0.25, -0.2) is 4.39 Å². The third kappa shape index (κ3) is 2.71. The van der Waals surface area contributed by atoms with Crippen LogP contribution in [0.1, 0.15) is 22.0 Å². The van der Waals surface area contributed by atoms with E-state index in [1.165, 1.54) is 17.4 Å². The van der Waals surface area contributed by atoms with Gasteiger partial charge < -0.3 is 5.73 Å². The van der Waals surface area contributed by atoms with Gasteiger partial charge in [-0.3, -0.25) is 0 Å². The average molecular weight is 335 g/mol. The van der Waals surface area contributed by atoms with Gasteiger partial charge in [0, 0.05) is 14.9 Å². The fraction of sp³-hybridized carbons (Fsp3) is 0.167. The molecule has 1 unspecified atom stereocenters. The van der Waals surface area contributed by atoms with Crippen LogP contribution in [0.5, 0.6) is 0 Å². The molecule has 2 rings (SSSR count). The Morgan fingerprint density at radius 3 is 2.71 bits per heavy atom. The van der Waals surface area contributed by atoms with Crippen LogP contribution in [0.25, 0.3) is 0 Å². The van der Waals surface area contributed by atoms with E-state index < -0.39 is 6.04 Å². The lowest BCUT2D eigenvalue weighted by Gasteiger charge is -2.11.